The molecule has 0 aliphatic heterocycles. The van der Waals surface area contributed by atoms with Gasteiger partial charge in [-0.25, -0.2) is 0 Å². The SMILES string of the molecule is CC[C@H](CC[C@@H](C)[C@H]1CC[C@H]2C3=CC[C@H]4C[C@@H](OC(C)=O)CC[C@]4(C)C3=CC[C@]12C)C(C)C. The summed E-state index contributed by atoms with van der Waals surface area (Å²) in [5.74, 6) is 4.63. The van der Waals surface area contributed by atoms with Gasteiger partial charge in [-0.1, -0.05) is 66.5 Å². The maximum atomic E-state index is 11.5. The van der Waals surface area contributed by atoms with Crippen LogP contribution in [-0.2, 0) is 9.53 Å². The van der Waals surface area contributed by atoms with Crippen LogP contribution in [0.5, 0.6) is 0 Å². The van der Waals surface area contributed by atoms with Gasteiger partial charge in [0.1, 0.15) is 6.10 Å². The van der Waals surface area contributed by atoms with E-state index in [-0.39, 0.29) is 17.5 Å². The number of ether oxygens (including phenoxy) is 1. The number of carbonyl (C=O) groups is 1. The molecule has 2 nitrogen and oxygen atoms in total. The zero-order chi connectivity index (χ0) is 24.0. The monoisotopic (exact) mass is 454 g/mol. The molecule has 0 spiro atoms. The first-order valence-electron chi connectivity index (χ1n) is 14.2. The summed E-state index contributed by atoms with van der Waals surface area (Å²) >= 11 is 0. The quantitative estimate of drug-likeness (QED) is 0.360. The van der Waals surface area contributed by atoms with Gasteiger partial charge in [0.05, 0.1) is 0 Å². The zero-order valence-corrected chi connectivity index (χ0v) is 22.6. The van der Waals surface area contributed by atoms with E-state index in [1.54, 1.807) is 18.1 Å². The van der Waals surface area contributed by atoms with Crippen LogP contribution in [-0.4, -0.2) is 12.1 Å². The molecule has 0 bridgehead atoms. The average Bonchev–Trinajstić information content (AvgIpc) is 3.11. The lowest BCUT2D eigenvalue weighted by atomic mass is 9.51. The summed E-state index contributed by atoms with van der Waals surface area (Å²) in [6, 6.07) is 0. The summed E-state index contributed by atoms with van der Waals surface area (Å²) in [5, 5.41) is 0. The Morgan fingerprint density at radius 2 is 1.88 bits per heavy atom. The number of esters is 1. The van der Waals surface area contributed by atoms with Crippen molar-refractivity contribution >= 4 is 5.97 Å². The fourth-order valence-corrected chi connectivity index (χ4v) is 8.81. The lowest BCUT2D eigenvalue weighted by molar-refractivity contribution is -0.150. The first kappa shape index (κ1) is 25.1. The number of hydrogen-bond acceptors (Lipinski definition) is 2. The van der Waals surface area contributed by atoms with E-state index >= 15 is 0 Å². The smallest absolute Gasteiger partial charge is 0.302 e. The standard InChI is InChI=1S/C31H50O2/c1-8-23(20(2)3)10-9-21(4)27-13-14-28-26-12-11-24-19-25(33-22(5)32)15-17-30(24,6)29(26)16-18-31(27,28)7/h12,16,20-21,23-25,27-28H,8-11,13-15,17-19H2,1-7H3/t21-,23-,24+,25+,27-,28+,30+,31-/m1/s1. The summed E-state index contributed by atoms with van der Waals surface area (Å²) in [4.78, 5) is 11.5. The van der Waals surface area contributed by atoms with Gasteiger partial charge < -0.3 is 4.74 Å². The summed E-state index contributed by atoms with van der Waals surface area (Å²) < 4.78 is 5.63. The van der Waals surface area contributed by atoms with E-state index < -0.39 is 0 Å². The topological polar surface area (TPSA) is 26.3 Å². The minimum atomic E-state index is -0.118. The van der Waals surface area contributed by atoms with Crippen molar-refractivity contribution in [3.8, 4) is 0 Å². The summed E-state index contributed by atoms with van der Waals surface area (Å²) in [5.41, 5.74) is 4.11. The van der Waals surface area contributed by atoms with Crippen LogP contribution < -0.4 is 0 Å². The first-order valence-corrected chi connectivity index (χ1v) is 14.2. The van der Waals surface area contributed by atoms with Crippen LogP contribution in [0, 0.1) is 46.3 Å². The third-order valence-corrected chi connectivity index (χ3v) is 11.0. The minimum Gasteiger partial charge on any atom is -0.463 e. The van der Waals surface area contributed by atoms with Crippen molar-refractivity contribution in [2.75, 3.05) is 0 Å². The van der Waals surface area contributed by atoms with E-state index in [9.17, 15) is 4.79 Å². The summed E-state index contributed by atoms with van der Waals surface area (Å²) in [7, 11) is 0. The Morgan fingerprint density at radius 1 is 1.12 bits per heavy atom. The Labute approximate surface area is 204 Å². The summed E-state index contributed by atoms with van der Waals surface area (Å²) in [6.07, 6.45) is 18.0. The number of hydrogen-bond donors (Lipinski definition) is 0. The molecule has 0 saturated heterocycles. The van der Waals surface area contributed by atoms with E-state index in [2.05, 4.69) is 53.7 Å². The normalized spacial score (nSPS) is 39.6. The molecule has 0 aromatic rings. The van der Waals surface area contributed by atoms with Gasteiger partial charge in [0.2, 0.25) is 0 Å². The van der Waals surface area contributed by atoms with Crippen molar-refractivity contribution in [1.29, 1.82) is 0 Å². The van der Waals surface area contributed by atoms with E-state index in [4.69, 9.17) is 4.74 Å². The van der Waals surface area contributed by atoms with Crippen LogP contribution in [0.2, 0.25) is 0 Å². The first-order chi connectivity index (χ1) is 15.6. The molecule has 0 radical (unpaired) electrons. The summed E-state index contributed by atoms with van der Waals surface area (Å²) in [6.45, 7) is 16.5. The van der Waals surface area contributed by atoms with Crippen molar-refractivity contribution in [1.82, 2.24) is 0 Å². The van der Waals surface area contributed by atoms with Gasteiger partial charge >= 0.3 is 5.97 Å². The fraction of sp³-hybridized carbons (Fsp3) is 0.839. The van der Waals surface area contributed by atoms with E-state index in [1.807, 2.05) is 0 Å². The molecule has 0 heterocycles. The van der Waals surface area contributed by atoms with Gasteiger partial charge in [-0.05, 0) is 109 Å². The lowest BCUT2D eigenvalue weighted by Crippen LogP contribution is -2.45. The van der Waals surface area contributed by atoms with Gasteiger partial charge in [0.25, 0.3) is 0 Å². The second kappa shape index (κ2) is 9.54. The van der Waals surface area contributed by atoms with Crippen molar-refractivity contribution < 1.29 is 9.53 Å². The Morgan fingerprint density at radius 3 is 2.55 bits per heavy atom. The van der Waals surface area contributed by atoms with Crippen molar-refractivity contribution in [2.45, 2.75) is 119 Å². The predicted molar refractivity (Wildman–Crippen MR) is 138 cm³/mol. The second-order valence-corrected chi connectivity index (χ2v) is 13.0. The minimum absolute atomic E-state index is 0.118. The Balaban J connectivity index is 1.49. The molecule has 0 aromatic heterocycles. The Kier molecular flexibility index (Phi) is 7.24. The van der Waals surface area contributed by atoms with Gasteiger partial charge in [0.15, 0.2) is 0 Å². The molecular weight excluding hydrogens is 404 g/mol. The molecule has 0 N–H and O–H groups in total. The van der Waals surface area contributed by atoms with Crippen molar-refractivity contribution in [2.24, 2.45) is 46.3 Å². The molecule has 4 aliphatic carbocycles. The largest absolute Gasteiger partial charge is 0.463 e. The molecule has 0 amide bonds. The third-order valence-electron chi connectivity index (χ3n) is 11.0. The van der Waals surface area contributed by atoms with Crippen molar-refractivity contribution in [3.63, 3.8) is 0 Å². The Bertz CT molecular complexity index is 791. The highest BCUT2D eigenvalue weighted by Gasteiger charge is 2.55. The van der Waals surface area contributed by atoms with Gasteiger partial charge in [-0.2, -0.15) is 0 Å². The van der Waals surface area contributed by atoms with Gasteiger partial charge in [0, 0.05) is 6.92 Å². The van der Waals surface area contributed by atoms with E-state index in [1.165, 1.54) is 44.9 Å². The number of fused-ring (bicyclic) bond motifs is 5. The predicted octanol–water partition coefficient (Wildman–Crippen LogP) is 8.52. The molecule has 33 heavy (non-hydrogen) atoms. The molecule has 2 heteroatoms. The molecule has 2 saturated carbocycles. The average molecular weight is 455 g/mol. The molecule has 4 aliphatic rings. The number of rotatable bonds is 7. The molecule has 0 unspecified atom stereocenters. The molecule has 186 valence electrons. The lowest BCUT2D eigenvalue weighted by Gasteiger charge is -2.53. The molecule has 2 fully saturated rings. The highest BCUT2D eigenvalue weighted by Crippen LogP contribution is 2.65. The van der Waals surface area contributed by atoms with Crippen LogP contribution in [0.25, 0.3) is 0 Å². The molecule has 8 atom stereocenters. The van der Waals surface area contributed by atoms with Crippen LogP contribution in [0.1, 0.15) is 113 Å². The highest BCUT2D eigenvalue weighted by atomic mass is 16.5. The Hall–Kier alpha value is -1.05. The number of allylic oxidation sites excluding steroid dienone is 4. The van der Waals surface area contributed by atoms with E-state index in [0.717, 1.165) is 48.9 Å². The van der Waals surface area contributed by atoms with Gasteiger partial charge in [-0.15, -0.1) is 0 Å². The molecular formula is C31H50O2. The molecule has 0 aromatic carbocycles. The fourth-order valence-electron chi connectivity index (χ4n) is 8.81. The van der Waals surface area contributed by atoms with Crippen LogP contribution in [0.3, 0.4) is 0 Å². The van der Waals surface area contributed by atoms with Crippen LogP contribution in [0.4, 0.5) is 0 Å². The maximum Gasteiger partial charge on any atom is 0.302 e. The highest BCUT2D eigenvalue weighted by molar-refractivity contribution is 5.66. The van der Waals surface area contributed by atoms with Crippen molar-refractivity contribution in [3.05, 3.63) is 23.3 Å². The van der Waals surface area contributed by atoms with E-state index in [0.29, 0.717) is 11.3 Å². The van der Waals surface area contributed by atoms with Crippen LogP contribution in [0.15, 0.2) is 23.3 Å². The third kappa shape index (κ3) is 4.50. The maximum absolute atomic E-state index is 11.5. The van der Waals surface area contributed by atoms with Gasteiger partial charge in [-0.3, -0.25) is 4.79 Å². The second-order valence-electron chi connectivity index (χ2n) is 13.0. The molecule has 4 rings (SSSR count). The number of carbonyl (C=O) groups excluding carboxylic acids is 1. The van der Waals surface area contributed by atoms with Crippen LogP contribution >= 0.6 is 0 Å². The zero-order valence-electron chi connectivity index (χ0n) is 22.6.